The second-order valence-electron chi connectivity index (χ2n) is 0.733. The predicted molar refractivity (Wildman–Crippen MR) is 17.2 cm³/mol. The van der Waals surface area contributed by atoms with Crippen molar-refractivity contribution < 1.29 is 78.9 Å². The Morgan fingerprint density at radius 3 is 1.89 bits per heavy atom. The van der Waals surface area contributed by atoms with Gasteiger partial charge in [-0.25, -0.2) is 8.39 Å². The Hall–Kier alpha value is 1.50. The molecule has 52 valence electrons. The quantitative estimate of drug-likeness (QED) is 0.336. The number of rotatable bonds is 1. The molecule has 0 radical (unpaired) electrons. The molecule has 0 aromatic carbocycles. The molecule has 0 bridgehead atoms. The van der Waals surface area contributed by atoms with E-state index in [1.165, 1.54) is 0 Å². The summed E-state index contributed by atoms with van der Waals surface area (Å²) in [5.74, 6) is 0. The number of hydrogen-bond acceptors (Lipinski definition) is 3. The monoisotopic (exact) mass is 189 g/mol. The minimum atomic E-state index is -5.09. The topological polar surface area (TPSA) is 49.4 Å². The average Bonchev–Trinajstić information content (AvgIpc) is 1.21. The number of hydrogen-bond donors (Lipinski definition) is 0. The summed E-state index contributed by atoms with van der Waals surface area (Å²) >= 11 is -3.51. The maximum atomic E-state index is 10.7. The Labute approximate surface area is 95.3 Å². The molecule has 0 fully saturated rings. The van der Waals surface area contributed by atoms with Crippen molar-refractivity contribution in [1.29, 1.82) is 0 Å². The van der Waals surface area contributed by atoms with E-state index < -0.39 is 17.7 Å². The number of halogens is 3. The molecule has 3 nitrogen and oxygen atoms in total. The molecule has 0 amide bonds. The van der Waals surface area contributed by atoms with Crippen LogP contribution in [0.2, 0.25) is 0 Å². The first-order valence-electron chi connectivity index (χ1n) is 1.27. The van der Waals surface area contributed by atoms with Crippen LogP contribution in [-0.4, -0.2) is 15.1 Å². The molecule has 0 aliphatic heterocycles. The molecule has 0 rings (SSSR count). The van der Waals surface area contributed by atoms with Crippen LogP contribution in [0.1, 0.15) is 1.43 Å². The molecule has 8 heteroatoms. The van der Waals surface area contributed by atoms with Crippen molar-refractivity contribution in [1.82, 2.24) is 0 Å². The standard InChI is InChI=1S/CHF3O3S.K.H/c2-1(3,4)7-8(5)6;;/h(H,5,6);;/q;+1;-1/p-1. The van der Waals surface area contributed by atoms with Gasteiger partial charge >= 0.3 is 57.7 Å². The molecule has 0 heterocycles. The molecule has 0 aromatic rings. The molecule has 0 aliphatic rings. The summed E-state index contributed by atoms with van der Waals surface area (Å²) < 4.78 is 52.6. The van der Waals surface area contributed by atoms with Crippen molar-refractivity contribution in [3.63, 3.8) is 0 Å². The van der Waals surface area contributed by atoms with Crippen molar-refractivity contribution in [2.75, 3.05) is 0 Å². The van der Waals surface area contributed by atoms with Crippen LogP contribution in [0.4, 0.5) is 13.2 Å². The third kappa shape index (κ3) is 12.6. The van der Waals surface area contributed by atoms with Crippen molar-refractivity contribution >= 4 is 11.4 Å². The second kappa shape index (κ2) is 5.19. The first kappa shape index (κ1) is 13.1. The Morgan fingerprint density at radius 2 is 1.89 bits per heavy atom. The third-order valence-electron chi connectivity index (χ3n) is 0.163. The van der Waals surface area contributed by atoms with Gasteiger partial charge in [0.25, 0.3) is 0 Å². The van der Waals surface area contributed by atoms with Crippen LogP contribution in [0.5, 0.6) is 0 Å². The van der Waals surface area contributed by atoms with Crippen LogP contribution < -0.4 is 51.4 Å². The van der Waals surface area contributed by atoms with Gasteiger partial charge < -0.3 is 5.98 Å². The molecule has 0 aromatic heterocycles. The molecular weight excluding hydrogens is 188 g/mol. The Bertz CT molecular complexity index is 106. The predicted octanol–water partition coefficient (Wildman–Crippen LogP) is -2.57. The Balaban J connectivity index is -0.000000245. The van der Waals surface area contributed by atoms with E-state index in [0.29, 0.717) is 0 Å². The molecular formula is CHF3KO3S-. The van der Waals surface area contributed by atoms with Gasteiger partial charge in [-0.2, -0.15) is 0 Å². The molecule has 0 saturated heterocycles. The van der Waals surface area contributed by atoms with Gasteiger partial charge in [0.2, 0.25) is 0 Å². The van der Waals surface area contributed by atoms with Crippen LogP contribution in [0, 0.1) is 0 Å². The number of alkyl halides is 3. The fourth-order valence-electron chi connectivity index (χ4n) is 0.0772. The van der Waals surface area contributed by atoms with E-state index >= 15 is 0 Å². The first-order chi connectivity index (χ1) is 3.42. The van der Waals surface area contributed by atoms with Crippen molar-refractivity contribution in [2.45, 2.75) is 6.36 Å². The van der Waals surface area contributed by atoms with Gasteiger partial charge in [0.15, 0.2) is 0 Å². The van der Waals surface area contributed by atoms with E-state index in [-0.39, 0.29) is 52.8 Å². The fraction of sp³-hybridized carbons (Fsp3) is 1.00. The maximum absolute atomic E-state index is 10.7. The molecule has 9 heavy (non-hydrogen) atoms. The Kier molecular flexibility index (Phi) is 7.56. The minimum absolute atomic E-state index is 0. The van der Waals surface area contributed by atoms with E-state index in [4.69, 9.17) is 8.76 Å². The zero-order valence-electron chi connectivity index (χ0n) is 5.27. The SMILES string of the molecule is O=S([O-])OC(F)(F)F.[H-].[K+]. The summed E-state index contributed by atoms with van der Waals surface area (Å²) in [6.07, 6.45) is -5.09. The van der Waals surface area contributed by atoms with E-state index in [0.717, 1.165) is 0 Å². The van der Waals surface area contributed by atoms with Gasteiger partial charge in [-0.3, -0.25) is 0 Å². The first-order valence-corrected chi connectivity index (χ1v) is 2.27. The summed E-state index contributed by atoms with van der Waals surface area (Å²) in [6.45, 7) is 0. The maximum Gasteiger partial charge on any atom is 1.00 e. The van der Waals surface area contributed by atoms with Crippen LogP contribution in [0.25, 0.3) is 0 Å². The van der Waals surface area contributed by atoms with Gasteiger partial charge in [0, 0.05) is 0 Å². The van der Waals surface area contributed by atoms with E-state index in [9.17, 15) is 13.2 Å². The molecule has 0 saturated carbocycles. The summed E-state index contributed by atoms with van der Waals surface area (Å²) in [5, 5.41) is 0. The van der Waals surface area contributed by atoms with Crippen molar-refractivity contribution in [2.24, 2.45) is 0 Å². The Morgan fingerprint density at radius 1 is 1.56 bits per heavy atom. The molecule has 1 unspecified atom stereocenters. The molecule has 1 atom stereocenters. The van der Waals surface area contributed by atoms with Crippen molar-refractivity contribution in [3.05, 3.63) is 0 Å². The molecule has 0 aliphatic carbocycles. The summed E-state index contributed by atoms with van der Waals surface area (Å²) in [5.41, 5.74) is 0. The molecule has 0 spiro atoms. The van der Waals surface area contributed by atoms with Crippen LogP contribution in [0.3, 0.4) is 0 Å². The summed E-state index contributed by atoms with van der Waals surface area (Å²) in [7, 11) is 0. The zero-order chi connectivity index (χ0) is 6.78. The summed E-state index contributed by atoms with van der Waals surface area (Å²) in [4.78, 5) is 0. The smallest absolute Gasteiger partial charge is 1.00 e. The van der Waals surface area contributed by atoms with Gasteiger partial charge in [0.05, 0.1) is 11.4 Å². The normalized spacial score (nSPS) is 14.2. The van der Waals surface area contributed by atoms with E-state index in [2.05, 4.69) is 4.18 Å². The van der Waals surface area contributed by atoms with Gasteiger partial charge in [-0.1, -0.05) is 0 Å². The van der Waals surface area contributed by atoms with Crippen LogP contribution in [-0.2, 0) is 15.5 Å². The fourth-order valence-corrected chi connectivity index (χ4v) is 0.231. The second-order valence-corrected chi connectivity index (χ2v) is 1.31. The van der Waals surface area contributed by atoms with Crippen LogP contribution in [0.15, 0.2) is 0 Å². The van der Waals surface area contributed by atoms with Crippen molar-refractivity contribution in [3.8, 4) is 0 Å². The van der Waals surface area contributed by atoms with Gasteiger partial charge in [-0.05, 0) is 0 Å². The largest absolute Gasteiger partial charge is 1.00 e. The molecule has 0 N–H and O–H groups in total. The van der Waals surface area contributed by atoms with Crippen LogP contribution >= 0.6 is 0 Å². The third-order valence-corrected chi connectivity index (χ3v) is 0.488. The van der Waals surface area contributed by atoms with Gasteiger partial charge in [-0.15, -0.1) is 13.2 Å². The average molecular weight is 189 g/mol. The van der Waals surface area contributed by atoms with Gasteiger partial charge in [0.1, 0.15) is 0 Å². The van der Waals surface area contributed by atoms with E-state index in [1.807, 2.05) is 0 Å². The van der Waals surface area contributed by atoms with E-state index in [1.54, 1.807) is 0 Å². The zero-order valence-corrected chi connectivity index (χ0v) is 8.21. The summed E-state index contributed by atoms with van der Waals surface area (Å²) in [6, 6.07) is 0. The minimum Gasteiger partial charge on any atom is -1.00 e.